The molecule has 0 atom stereocenters. The van der Waals surface area contributed by atoms with Gasteiger partial charge in [0.15, 0.2) is 0 Å². The fourth-order valence-electron chi connectivity index (χ4n) is 3.84. The van der Waals surface area contributed by atoms with Gasteiger partial charge in [-0.1, -0.05) is 18.2 Å². The number of nitro benzene ring substituents is 1. The van der Waals surface area contributed by atoms with E-state index >= 15 is 0 Å². The first-order chi connectivity index (χ1) is 14.9. The minimum Gasteiger partial charge on any atom is -0.364 e. The lowest BCUT2D eigenvalue weighted by atomic mass is 10.0. The van der Waals surface area contributed by atoms with Crippen molar-refractivity contribution in [3.63, 3.8) is 0 Å². The van der Waals surface area contributed by atoms with Gasteiger partial charge in [-0.15, -0.1) is 0 Å². The summed E-state index contributed by atoms with van der Waals surface area (Å²) in [5.41, 5.74) is 1.02. The number of amides is 2. The van der Waals surface area contributed by atoms with Gasteiger partial charge < -0.3 is 9.80 Å². The predicted molar refractivity (Wildman–Crippen MR) is 111 cm³/mol. The Hall–Kier alpha value is -3.59. The van der Waals surface area contributed by atoms with E-state index in [1.807, 2.05) is 11.9 Å². The summed E-state index contributed by atoms with van der Waals surface area (Å²) < 4.78 is 14.2. The second-order valence-electron chi connectivity index (χ2n) is 7.61. The molecule has 0 aliphatic carbocycles. The van der Waals surface area contributed by atoms with Crippen LogP contribution >= 0.6 is 0 Å². The maximum Gasteiger partial charge on any atom is 0.278 e. The average Bonchev–Trinajstić information content (AvgIpc) is 3.00. The second kappa shape index (κ2) is 8.27. The first-order valence-corrected chi connectivity index (χ1v) is 9.89. The highest BCUT2D eigenvalue weighted by molar-refractivity contribution is 6.35. The Labute approximate surface area is 178 Å². The van der Waals surface area contributed by atoms with Gasteiger partial charge in [0.1, 0.15) is 11.5 Å². The number of non-ortho nitro benzene ring substituents is 1. The fourth-order valence-corrected chi connectivity index (χ4v) is 3.84. The van der Waals surface area contributed by atoms with Crippen molar-refractivity contribution in [2.24, 2.45) is 0 Å². The number of nitrogens with zero attached hydrogens (tertiary/aromatic N) is 4. The molecule has 2 aliphatic heterocycles. The van der Waals surface area contributed by atoms with Gasteiger partial charge in [0.2, 0.25) is 0 Å². The molecule has 0 saturated carbocycles. The van der Waals surface area contributed by atoms with Crippen molar-refractivity contribution in [2.75, 3.05) is 33.2 Å². The van der Waals surface area contributed by atoms with Crippen molar-refractivity contribution in [2.45, 2.75) is 6.54 Å². The van der Waals surface area contributed by atoms with Crippen molar-refractivity contribution in [3.05, 3.63) is 81.3 Å². The summed E-state index contributed by atoms with van der Waals surface area (Å²) in [6, 6.07) is 11.6. The molecule has 0 N–H and O–H groups in total. The van der Waals surface area contributed by atoms with Crippen LogP contribution in [0.25, 0.3) is 5.57 Å². The maximum absolute atomic E-state index is 14.2. The molecule has 160 valence electrons. The molecule has 2 heterocycles. The molecule has 31 heavy (non-hydrogen) atoms. The molecular formula is C22H21FN4O4. The molecular weight excluding hydrogens is 403 g/mol. The molecule has 0 aromatic heterocycles. The van der Waals surface area contributed by atoms with Crippen molar-refractivity contribution in [3.8, 4) is 0 Å². The molecule has 0 radical (unpaired) electrons. The largest absolute Gasteiger partial charge is 0.364 e. The molecule has 2 aromatic rings. The van der Waals surface area contributed by atoms with Crippen LogP contribution in [0.3, 0.4) is 0 Å². The fraction of sp³-hybridized carbons (Fsp3) is 0.273. The Balaban J connectivity index is 1.74. The number of benzene rings is 2. The average molecular weight is 424 g/mol. The molecule has 0 bridgehead atoms. The number of hydrogen-bond donors (Lipinski definition) is 0. The first kappa shape index (κ1) is 20.7. The van der Waals surface area contributed by atoms with Crippen LogP contribution in [-0.2, 0) is 16.1 Å². The van der Waals surface area contributed by atoms with E-state index in [1.165, 1.54) is 36.4 Å². The Morgan fingerprint density at radius 3 is 2.23 bits per heavy atom. The van der Waals surface area contributed by atoms with Crippen molar-refractivity contribution in [1.29, 1.82) is 0 Å². The lowest BCUT2D eigenvalue weighted by Crippen LogP contribution is -2.46. The van der Waals surface area contributed by atoms with E-state index in [9.17, 15) is 24.1 Å². The monoisotopic (exact) mass is 424 g/mol. The second-order valence-corrected chi connectivity index (χ2v) is 7.61. The Bertz CT molecular complexity index is 1080. The number of carbonyl (C=O) groups excluding carboxylic acids is 2. The van der Waals surface area contributed by atoms with E-state index in [1.54, 1.807) is 12.1 Å². The predicted octanol–water partition coefficient (Wildman–Crippen LogP) is 2.26. The summed E-state index contributed by atoms with van der Waals surface area (Å²) >= 11 is 0. The maximum atomic E-state index is 14.2. The number of hydrogen-bond acceptors (Lipinski definition) is 6. The van der Waals surface area contributed by atoms with Crippen LogP contribution in [-0.4, -0.2) is 64.7 Å². The van der Waals surface area contributed by atoms with Crippen LogP contribution < -0.4 is 0 Å². The zero-order chi connectivity index (χ0) is 22.1. The number of carbonyl (C=O) groups is 2. The molecule has 2 amide bonds. The molecule has 2 aromatic carbocycles. The van der Waals surface area contributed by atoms with Gasteiger partial charge >= 0.3 is 0 Å². The summed E-state index contributed by atoms with van der Waals surface area (Å²) in [4.78, 5) is 42.2. The van der Waals surface area contributed by atoms with Crippen LogP contribution in [0.1, 0.15) is 11.1 Å². The molecule has 2 aliphatic rings. The van der Waals surface area contributed by atoms with Gasteiger partial charge in [0, 0.05) is 43.9 Å². The van der Waals surface area contributed by atoms with Crippen LogP contribution in [0.5, 0.6) is 0 Å². The third-order valence-corrected chi connectivity index (χ3v) is 5.62. The summed E-state index contributed by atoms with van der Waals surface area (Å²) in [6.45, 7) is 2.40. The van der Waals surface area contributed by atoms with Crippen LogP contribution in [0.2, 0.25) is 0 Å². The number of imide groups is 1. The Kier molecular flexibility index (Phi) is 5.51. The minimum absolute atomic E-state index is 0.106. The highest BCUT2D eigenvalue weighted by Gasteiger charge is 2.42. The van der Waals surface area contributed by atoms with Gasteiger partial charge in [-0.25, -0.2) is 4.39 Å². The highest BCUT2D eigenvalue weighted by Crippen LogP contribution is 2.34. The highest BCUT2D eigenvalue weighted by atomic mass is 19.1. The minimum atomic E-state index is -0.531. The topological polar surface area (TPSA) is 87.0 Å². The molecule has 0 spiro atoms. The van der Waals surface area contributed by atoms with Crippen LogP contribution in [0, 0.1) is 15.9 Å². The SMILES string of the molecule is CN1CCN(C2=C(c3ccc([N+](=O)[O-])cc3)C(=O)N(Cc3ccccc3F)C2=O)CC1. The van der Waals surface area contributed by atoms with E-state index in [0.29, 0.717) is 18.7 Å². The van der Waals surface area contributed by atoms with Crippen molar-refractivity contribution in [1.82, 2.24) is 14.7 Å². The normalized spacial score (nSPS) is 17.6. The zero-order valence-corrected chi connectivity index (χ0v) is 17.0. The molecule has 9 heteroatoms. The first-order valence-electron chi connectivity index (χ1n) is 9.89. The summed E-state index contributed by atoms with van der Waals surface area (Å²) in [6.07, 6.45) is 0. The summed E-state index contributed by atoms with van der Waals surface area (Å²) in [5, 5.41) is 11.0. The molecule has 1 saturated heterocycles. The smallest absolute Gasteiger partial charge is 0.278 e. The third-order valence-electron chi connectivity index (χ3n) is 5.62. The number of rotatable bonds is 5. The van der Waals surface area contributed by atoms with E-state index in [-0.39, 0.29) is 29.1 Å². The standard InChI is InChI=1S/C22H21FN4O4/c1-24-10-12-25(13-11-24)20-19(15-6-8-17(9-7-15)27(30)31)21(28)26(22(20)29)14-16-4-2-3-5-18(16)23/h2-9H,10-14H2,1H3. The summed E-state index contributed by atoms with van der Waals surface area (Å²) in [5.74, 6) is -1.50. The quantitative estimate of drug-likeness (QED) is 0.416. The van der Waals surface area contributed by atoms with E-state index in [2.05, 4.69) is 4.90 Å². The number of nitro groups is 1. The van der Waals surface area contributed by atoms with Gasteiger partial charge in [-0.05, 0) is 30.8 Å². The molecule has 4 rings (SSSR count). The Morgan fingerprint density at radius 2 is 1.61 bits per heavy atom. The van der Waals surface area contributed by atoms with Gasteiger partial charge in [0.05, 0.1) is 17.0 Å². The van der Waals surface area contributed by atoms with E-state index in [0.717, 1.165) is 18.0 Å². The number of piperazine rings is 1. The van der Waals surface area contributed by atoms with Crippen LogP contribution in [0.4, 0.5) is 10.1 Å². The third kappa shape index (κ3) is 3.91. The molecule has 8 nitrogen and oxygen atoms in total. The van der Waals surface area contributed by atoms with Gasteiger partial charge in [-0.3, -0.25) is 24.6 Å². The van der Waals surface area contributed by atoms with E-state index in [4.69, 9.17) is 0 Å². The molecule has 1 fully saturated rings. The van der Waals surface area contributed by atoms with Crippen LogP contribution in [0.15, 0.2) is 54.2 Å². The van der Waals surface area contributed by atoms with Crippen molar-refractivity contribution >= 4 is 23.1 Å². The zero-order valence-electron chi connectivity index (χ0n) is 17.0. The van der Waals surface area contributed by atoms with Crippen molar-refractivity contribution < 1.29 is 18.9 Å². The number of halogens is 1. The Morgan fingerprint density at radius 1 is 0.968 bits per heavy atom. The number of likely N-dealkylation sites (N-methyl/N-ethyl adjacent to an activating group) is 1. The lowest BCUT2D eigenvalue weighted by molar-refractivity contribution is -0.384. The van der Waals surface area contributed by atoms with Gasteiger partial charge in [-0.2, -0.15) is 0 Å². The molecule has 0 unspecified atom stereocenters. The summed E-state index contributed by atoms with van der Waals surface area (Å²) in [7, 11) is 1.98. The lowest BCUT2D eigenvalue weighted by Gasteiger charge is -2.34. The van der Waals surface area contributed by atoms with Gasteiger partial charge in [0.25, 0.3) is 17.5 Å². The van der Waals surface area contributed by atoms with E-state index < -0.39 is 22.6 Å².